The second-order valence-electron chi connectivity index (χ2n) is 9.36. The van der Waals surface area contributed by atoms with Crippen LogP contribution in [0.4, 0.5) is 4.39 Å². The van der Waals surface area contributed by atoms with Crippen molar-refractivity contribution in [2.24, 2.45) is 4.99 Å². The molecular formula is C28H32ClFN4O3. The number of allylic oxidation sites excluding steroid dienone is 2. The quantitative estimate of drug-likeness (QED) is 0.471. The summed E-state index contributed by atoms with van der Waals surface area (Å²) in [4.78, 5) is 43.4. The molecule has 1 aromatic heterocycles. The summed E-state index contributed by atoms with van der Waals surface area (Å²) < 4.78 is 16.7. The minimum Gasteiger partial charge on any atom is -0.353 e. The number of aryl methyl sites for hydroxylation is 1. The van der Waals surface area contributed by atoms with Crippen molar-refractivity contribution in [2.75, 3.05) is 14.1 Å². The Hall–Kier alpha value is -3.52. The van der Waals surface area contributed by atoms with Gasteiger partial charge >= 0.3 is 0 Å². The van der Waals surface area contributed by atoms with Crippen molar-refractivity contribution in [3.05, 3.63) is 86.2 Å². The normalized spacial score (nSPS) is 14.8. The Morgan fingerprint density at radius 3 is 2.59 bits per heavy atom. The average Bonchev–Trinajstić information content (AvgIpc) is 3.66. The highest BCUT2D eigenvalue weighted by Crippen LogP contribution is 2.27. The third kappa shape index (κ3) is 6.83. The summed E-state index contributed by atoms with van der Waals surface area (Å²) in [5.41, 5.74) is 1.00. The van der Waals surface area contributed by atoms with Crippen molar-refractivity contribution in [1.82, 2.24) is 14.8 Å². The highest BCUT2D eigenvalue weighted by molar-refractivity contribution is 6.31. The Morgan fingerprint density at radius 1 is 1.30 bits per heavy atom. The number of hydrogen-bond donors (Lipinski definition) is 1. The molecule has 1 aliphatic rings. The lowest BCUT2D eigenvalue weighted by Gasteiger charge is -2.16. The fourth-order valence-electron chi connectivity index (χ4n) is 3.83. The molecule has 2 aromatic rings. The van der Waals surface area contributed by atoms with Gasteiger partial charge in [-0.3, -0.25) is 23.9 Å². The minimum absolute atomic E-state index is 0.0265. The summed E-state index contributed by atoms with van der Waals surface area (Å²) in [5.74, 6) is -1.48. The SMILES string of the molecule is C/C=C/N=C(/C=C/n1c(C)cc(C(C)CC(=O)NC2CC2)c(Cl)c1=O)c1cccc(C(=O)N(C)C)c1F. The number of hydrogen-bond acceptors (Lipinski definition) is 4. The maximum absolute atomic E-state index is 15.3. The first-order valence-corrected chi connectivity index (χ1v) is 12.5. The van der Waals surface area contributed by atoms with Crippen LogP contribution in [0.15, 0.2) is 52.4 Å². The van der Waals surface area contributed by atoms with Crippen LogP contribution < -0.4 is 10.9 Å². The molecule has 7 nitrogen and oxygen atoms in total. The molecule has 1 aromatic carbocycles. The Labute approximate surface area is 221 Å². The van der Waals surface area contributed by atoms with Crippen molar-refractivity contribution in [3.63, 3.8) is 0 Å². The molecule has 9 heteroatoms. The van der Waals surface area contributed by atoms with Gasteiger partial charge in [-0.25, -0.2) is 4.39 Å². The zero-order chi connectivity index (χ0) is 27.3. The van der Waals surface area contributed by atoms with Crippen molar-refractivity contribution in [3.8, 4) is 0 Å². The molecule has 0 saturated heterocycles. The van der Waals surface area contributed by atoms with E-state index in [2.05, 4.69) is 10.3 Å². The van der Waals surface area contributed by atoms with E-state index < -0.39 is 17.3 Å². The van der Waals surface area contributed by atoms with Gasteiger partial charge in [0.05, 0.1) is 11.3 Å². The monoisotopic (exact) mass is 526 g/mol. The van der Waals surface area contributed by atoms with Crippen LogP contribution in [-0.4, -0.2) is 47.1 Å². The minimum atomic E-state index is -0.704. The molecule has 196 valence electrons. The summed E-state index contributed by atoms with van der Waals surface area (Å²) in [5, 5.41) is 2.98. The molecule has 1 unspecified atom stereocenters. The Bertz CT molecular complexity index is 1340. The third-order valence-corrected chi connectivity index (χ3v) is 6.40. The van der Waals surface area contributed by atoms with Gasteiger partial charge in [0.2, 0.25) is 5.91 Å². The van der Waals surface area contributed by atoms with Gasteiger partial charge in [0.25, 0.3) is 11.5 Å². The molecule has 1 fully saturated rings. The first-order valence-electron chi connectivity index (χ1n) is 12.1. The van der Waals surface area contributed by atoms with Gasteiger partial charge in [-0.15, -0.1) is 0 Å². The van der Waals surface area contributed by atoms with Crippen LogP contribution in [0.2, 0.25) is 5.02 Å². The van der Waals surface area contributed by atoms with E-state index in [-0.39, 0.29) is 46.1 Å². The van der Waals surface area contributed by atoms with E-state index in [0.717, 1.165) is 12.8 Å². The van der Waals surface area contributed by atoms with E-state index in [9.17, 15) is 14.4 Å². The lowest BCUT2D eigenvalue weighted by molar-refractivity contribution is -0.121. The number of aromatic nitrogens is 1. The van der Waals surface area contributed by atoms with Crippen LogP contribution in [0.3, 0.4) is 0 Å². The van der Waals surface area contributed by atoms with Crippen molar-refractivity contribution >= 4 is 35.3 Å². The molecule has 1 saturated carbocycles. The Morgan fingerprint density at radius 2 is 1.97 bits per heavy atom. The topological polar surface area (TPSA) is 83.8 Å². The predicted molar refractivity (Wildman–Crippen MR) is 146 cm³/mol. The molecule has 0 aliphatic heterocycles. The lowest BCUT2D eigenvalue weighted by atomic mass is 9.97. The number of benzene rings is 1. The smallest absolute Gasteiger partial charge is 0.273 e. The second kappa shape index (κ2) is 12.1. The number of nitrogens with zero attached hydrogens (tertiary/aromatic N) is 3. The number of carbonyl (C=O) groups excluding carboxylic acids is 2. The third-order valence-electron chi connectivity index (χ3n) is 6.02. The zero-order valence-electron chi connectivity index (χ0n) is 21.7. The predicted octanol–water partition coefficient (Wildman–Crippen LogP) is 4.92. The summed E-state index contributed by atoms with van der Waals surface area (Å²) in [6.07, 6.45) is 8.39. The van der Waals surface area contributed by atoms with Gasteiger partial charge in [-0.1, -0.05) is 30.7 Å². The van der Waals surface area contributed by atoms with Crippen molar-refractivity contribution < 1.29 is 14.0 Å². The second-order valence-corrected chi connectivity index (χ2v) is 9.73. The summed E-state index contributed by atoms with van der Waals surface area (Å²) in [6.45, 7) is 5.38. The number of carbonyl (C=O) groups is 2. The molecule has 1 atom stereocenters. The zero-order valence-corrected chi connectivity index (χ0v) is 22.5. The van der Waals surface area contributed by atoms with E-state index >= 15 is 4.39 Å². The van der Waals surface area contributed by atoms with Crippen molar-refractivity contribution in [1.29, 1.82) is 0 Å². The number of amides is 2. The number of halogens is 2. The Kier molecular flexibility index (Phi) is 9.21. The fraction of sp³-hybridized carbons (Fsp3) is 0.357. The number of rotatable bonds is 9. The van der Waals surface area contributed by atoms with Crippen LogP contribution in [0.1, 0.15) is 66.2 Å². The molecule has 1 N–H and O–H groups in total. The maximum atomic E-state index is 15.3. The van der Waals surface area contributed by atoms with Crippen LogP contribution in [-0.2, 0) is 4.79 Å². The standard InChI is InChI=1S/C28H32ClFN4O3/c1-6-13-31-23(20-8-7-9-21(26(20)30)27(36)33(4)5)12-14-34-18(3)16-22(25(29)28(34)37)17(2)15-24(35)32-19-10-11-19/h6-9,12-14,16-17,19H,10-11,15H2,1-5H3,(H,32,35)/b13-6+,14-12+,31-23-. The lowest BCUT2D eigenvalue weighted by Crippen LogP contribution is -2.27. The van der Waals surface area contributed by atoms with Gasteiger partial charge in [0, 0.05) is 50.2 Å². The molecule has 0 bridgehead atoms. The first kappa shape index (κ1) is 28.1. The molecule has 37 heavy (non-hydrogen) atoms. The maximum Gasteiger partial charge on any atom is 0.273 e. The van der Waals surface area contributed by atoms with Crippen molar-refractivity contribution in [2.45, 2.75) is 52.0 Å². The van der Waals surface area contributed by atoms with Gasteiger partial charge in [-0.05, 0) is 62.4 Å². The van der Waals surface area contributed by atoms with E-state index in [1.807, 2.05) is 6.92 Å². The highest BCUT2D eigenvalue weighted by atomic mass is 35.5. The van der Waals surface area contributed by atoms with Gasteiger partial charge < -0.3 is 10.2 Å². The number of pyridine rings is 1. The Balaban J connectivity index is 1.95. The van der Waals surface area contributed by atoms with Crippen LogP contribution in [0, 0.1) is 12.7 Å². The molecule has 1 aliphatic carbocycles. The number of nitrogens with one attached hydrogen (secondary N) is 1. The first-order chi connectivity index (χ1) is 17.5. The molecule has 0 radical (unpaired) electrons. The van der Waals surface area contributed by atoms with Crippen LogP contribution in [0.5, 0.6) is 0 Å². The van der Waals surface area contributed by atoms with Gasteiger partial charge in [0.15, 0.2) is 0 Å². The van der Waals surface area contributed by atoms with E-state index in [4.69, 9.17) is 11.6 Å². The highest BCUT2D eigenvalue weighted by Gasteiger charge is 2.25. The summed E-state index contributed by atoms with van der Waals surface area (Å²) in [7, 11) is 3.10. The van der Waals surface area contributed by atoms with Crippen LogP contribution in [0.25, 0.3) is 6.20 Å². The molecular weight excluding hydrogens is 495 g/mol. The summed E-state index contributed by atoms with van der Waals surface area (Å²) >= 11 is 6.45. The van der Waals surface area contributed by atoms with E-state index in [1.165, 1.54) is 40.1 Å². The van der Waals surface area contributed by atoms with E-state index in [0.29, 0.717) is 11.3 Å². The van der Waals surface area contributed by atoms with Crippen LogP contribution >= 0.6 is 11.6 Å². The molecule has 0 spiro atoms. The molecule has 1 heterocycles. The van der Waals surface area contributed by atoms with Gasteiger partial charge in [0.1, 0.15) is 10.8 Å². The molecule has 2 amide bonds. The van der Waals surface area contributed by atoms with E-state index in [1.54, 1.807) is 46.2 Å². The van der Waals surface area contributed by atoms with Gasteiger partial charge in [-0.2, -0.15) is 0 Å². The summed E-state index contributed by atoms with van der Waals surface area (Å²) in [6, 6.07) is 6.56. The number of aliphatic imine (C=N–C) groups is 1. The fourth-order valence-corrected chi connectivity index (χ4v) is 4.16. The average molecular weight is 527 g/mol. The molecule has 3 rings (SSSR count). The largest absolute Gasteiger partial charge is 0.353 e.